The van der Waals surface area contributed by atoms with Crippen molar-refractivity contribution in [2.24, 2.45) is 0 Å². The van der Waals surface area contributed by atoms with E-state index in [0.29, 0.717) is 17.9 Å². The van der Waals surface area contributed by atoms with Crippen molar-refractivity contribution in [3.8, 4) is 5.75 Å². The van der Waals surface area contributed by atoms with Crippen LogP contribution in [0, 0.1) is 0 Å². The minimum atomic E-state index is 0.386. The number of fused-ring (bicyclic) bond motifs is 1. The van der Waals surface area contributed by atoms with Crippen LogP contribution in [0.4, 0.5) is 0 Å². The Labute approximate surface area is 114 Å². The van der Waals surface area contributed by atoms with Gasteiger partial charge in [0.25, 0.3) is 0 Å². The molecule has 1 heterocycles. The zero-order valence-electron chi connectivity index (χ0n) is 10.1. The summed E-state index contributed by atoms with van der Waals surface area (Å²) in [5, 5.41) is 4.74. The number of thiazole rings is 1. The summed E-state index contributed by atoms with van der Waals surface area (Å²) < 4.78 is 5.70. The molecular weight excluding hydrogens is 258 g/mol. The van der Waals surface area contributed by atoms with E-state index in [2.05, 4.69) is 4.98 Å². The highest BCUT2D eigenvalue weighted by molar-refractivity contribution is 7.09. The highest BCUT2D eigenvalue weighted by Gasteiger charge is 2.08. The first kappa shape index (κ1) is 11.9. The molecule has 4 heteroatoms. The van der Waals surface area contributed by atoms with Gasteiger partial charge in [0.1, 0.15) is 17.4 Å². The number of aldehydes is 1. The highest BCUT2D eigenvalue weighted by Crippen LogP contribution is 2.27. The summed E-state index contributed by atoms with van der Waals surface area (Å²) in [5.74, 6) is 0.601. The summed E-state index contributed by atoms with van der Waals surface area (Å²) in [7, 11) is 0. The van der Waals surface area contributed by atoms with Gasteiger partial charge >= 0.3 is 0 Å². The maximum absolute atomic E-state index is 11.3. The van der Waals surface area contributed by atoms with E-state index in [4.69, 9.17) is 4.74 Å². The van der Waals surface area contributed by atoms with Crippen molar-refractivity contribution in [2.75, 3.05) is 0 Å². The molecule has 0 radical (unpaired) electrons. The van der Waals surface area contributed by atoms with E-state index in [1.807, 2.05) is 41.8 Å². The Morgan fingerprint density at radius 2 is 2.11 bits per heavy atom. The summed E-state index contributed by atoms with van der Waals surface area (Å²) in [6, 6.07) is 11.6. The van der Waals surface area contributed by atoms with E-state index >= 15 is 0 Å². The number of nitrogens with zero attached hydrogens (tertiary/aromatic N) is 1. The van der Waals surface area contributed by atoms with Gasteiger partial charge < -0.3 is 4.74 Å². The summed E-state index contributed by atoms with van der Waals surface area (Å²) in [5.41, 5.74) is 0.592. The second-order valence-electron chi connectivity index (χ2n) is 4.03. The zero-order valence-corrected chi connectivity index (χ0v) is 10.9. The second kappa shape index (κ2) is 5.20. The fourth-order valence-corrected chi connectivity index (χ4v) is 2.51. The molecule has 0 fully saturated rings. The minimum Gasteiger partial charge on any atom is -0.486 e. The fourth-order valence-electron chi connectivity index (χ4n) is 1.99. The van der Waals surface area contributed by atoms with Crippen molar-refractivity contribution < 1.29 is 9.53 Å². The first-order chi connectivity index (χ1) is 9.38. The topological polar surface area (TPSA) is 39.2 Å². The van der Waals surface area contributed by atoms with Crippen molar-refractivity contribution in [3.63, 3.8) is 0 Å². The number of aromatic nitrogens is 1. The standard InChI is InChI=1S/C15H11NO2S/c17-9-13-12-4-2-1-3-11(12)5-6-14(13)18-10-15-16-7-8-19-15/h1-9H,10H2. The van der Waals surface area contributed by atoms with Gasteiger partial charge in [-0.25, -0.2) is 4.98 Å². The van der Waals surface area contributed by atoms with Crippen molar-refractivity contribution in [2.45, 2.75) is 6.61 Å². The van der Waals surface area contributed by atoms with Crippen molar-refractivity contribution in [1.29, 1.82) is 0 Å². The Bertz CT molecular complexity index is 707. The normalized spacial score (nSPS) is 10.5. The van der Waals surface area contributed by atoms with Crippen molar-refractivity contribution >= 4 is 28.4 Å². The Morgan fingerprint density at radius 3 is 2.89 bits per heavy atom. The third-order valence-electron chi connectivity index (χ3n) is 2.88. The molecule has 3 rings (SSSR count). The fraction of sp³-hybridized carbons (Fsp3) is 0.0667. The lowest BCUT2D eigenvalue weighted by Crippen LogP contribution is -1.98. The number of ether oxygens (including phenoxy) is 1. The molecule has 2 aromatic carbocycles. The van der Waals surface area contributed by atoms with Crippen LogP contribution in [0.15, 0.2) is 48.0 Å². The molecule has 0 saturated heterocycles. The molecule has 94 valence electrons. The quantitative estimate of drug-likeness (QED) is 0.678. The maximum Gasteiger partial charge on any atom is 0.154 e. The average molecular weight is 269 g/mol. The third-order valence-corrected chi connectivity index (χ3v) is 3.64. The van der Waals surface area contributed by atoms with E-state index < -0.39 is 0 Å². The van der Waals surface area contributed by atoms with Gasteiger partial charge in [-0.3, -0.25) is 4.79 Å². The number of hydrogen-bond acceptors (Lipinski definition) is 4. The summed E-state index contributed by atoms with van der Waals surface area (Å²) >= 11 is 1.53. The lowest BCUT2D eigenvalue weighted by atomic mass is 10.0. The first-order valence-electron chi connectivity index (χ1n) is 5.86. The molecular formula is C15H11NO2S. The lowest BCUT2D eigenvalue weighted by molar-refractivity contribution is 0.112. The average Bonchev–Trinajstić information content (AvgIpc) is 2.97. The van der Waals surface area contributed by atoms with Gasteiger partial charge in [0, 0.05) is 11.6 Å². The van der Waals surface area contributed by atoms with Crippen LogP contribution in [-0.2, 0) is 6.61 Å². The largest absolute Gasteiger partial charge is 0.486 e. The molecule has 0 aliphatic heterocycles. The Kier molecular flexibility index (Phi) is 3.25. The van der Waals surface area contributed by atoms with E-state index in [1.165, 1.54) is 11.3 Å². The molecule has 0 unspecified atom stereocenters. The molecule has 0 atom stereocenters. The molecule has 0 aliphatic carbocycles. The molecule has 0 spiro atoms. The van der Waals surface area contributed by atoms with E-state index in [-0.39, 0.29) is 0 Å². The monoisotopic (exact) mass is 269 g/mol. The second-order valence-corrected chi connectivity index (χ2v) is 5.01. The van der Waals surface area contributed by atoms with Gasteiger partial charge in [-0.05, 0) is 16.8 Å². The maximum atomic E-state index is 11.3. The molecule has 0 amide bonds. The first-order valence-corrected chi connectivity index (χ1v) is 6.74. The predicted molar refractivity (Wildman–Crippen MR) is 75.8 cm³/mol. The summed E-state index contributed by atoms with van der Waals surface area (Å²) in [6.07, 6.45) is 2.59. The number of benzene rings is 2. The van der Waals surface area contributed by atoms with Gasteiger partial charge in [0.2, 0.25) is 0 Å². The number of carbonyl (C=O) groups is 1. The smallest absolute Gasteiger partial charge is 0.154 e. The van der Waals surface area contributed by atoms with Crippen LogP contribution in [0.1, 0.15) is 15.4 Å². The van der Waals surface area contributed by atoms with Crippen LogP contribution in [0.5, 0.6) is 5.75 Å². The van der Waals surface area contributed by atoms with Gasteiger partial charge in [0.15, 0.2) is 6.29 Å². The number of hydrogen-bond donors (Lipinski definition) is 0. The van der Waals surface area contributed by atoms with Crippen molar-refractivity contribution in [1.82, 2.24) is 4.98 Å². The van der Waals surface area contributed by atoms with E-state index in [1.54, 1.807) is 6.20 Å². The Hall–Kier alpha value is -2.20. The zero-order chi connectivity index (χ0) is 13.1. The van der Waals surface area contributed by atoms with Crippen molar-refractivity contribution in [3.05, 3.63) is 58.5 Å². The number of carbonyl (C=O) groups excluding carboxylic acids is 1. The Balaban J connectivity index is 1.96. The Morgan fingerprint density at radius 1 is 1.21 bits per heavy atom. The summed E-state index contributed by atoms with van der Waals surface area (Å²) in [4.78, 5) is 15.5. The van der Waals surface area contributed by atoms with Gasteiger partial charge in [-0.2, -0.15) is 0 Å². The highest BCUT2D eigenvalue weighted by atomic mass is 32.1. The van der Waals surface area contributed by atoms with Gasteiger partial charge in [-0.1, -0.05) is 30.3 Å². The molecule has 19 heavy (non-hydrogen) atoms. The molecule has 3 aromatic rings. The molecule has 0 aliphatic rings. The number of rotatable bonds is 4. The molecule has 1 aromatic heterocycles. The van der Waals surface area contributed by atoms with E-state index in [0.717, 1.165) is 22.1 Å². The SMILES string of the molecule is O=Cc1c(OCc2nccs2)ccc2ccccc12. The van der Waals surface area contributed by atoms with Crippen LogP contribution >= 0.6 is 11.3 Å². The lowest BCUT2D eigenvalue weighted by Gasteiger charge is -2.09. The minimum absolute atomic E-state index is 0.386. The van der Waals surface area contributed by atoms with E-state index in [9.17, 15) is 4.79 Å². The van der Waals surface area contributed by atoms with Gasteiger partial charge in [0.05, 0.1) is 5.56 Å². The van der Waals surface area contributed by atoms with Crippen LogP contribution in [0.25, 0.3) is 10.8 Å². The molecule has 3 nitrogen and oxygen atoms in total. The molecule has 0 N–H and O–H groups in total. The van der Waals surface area contributed by atoms with Gasteiger partial charge in [-0.15, -0.1) is 11.3 Å². The molecule has 0 saturated carbocycles. The predicted octanol–water partition coefficient (Wildman–Crippen LogP) is 3.69. The van der Waals surface area contributed by atoms with Crippen LogP contribution in [-0.4, -0.2) is 11.3 Å². The van der Waals surface area contributed by atoms with Crippen LogP contribution in [0.3, 0.4) is 0 Å². The molecule has 0 bridgehead atoms. The third kappa shape index (κ3) is 2.35. The summed E-state index contributed by atoms with van der Waals surface area (Å²) in [6.45, 7) is 0.386. The van der Waals surface area contributed by atoms with Crippen LogP contribution < -0.4 is 4.74 Å². The van der Waals surface area contributed by atoms with Crippen LogP contribution in [0.2, 0.25) is 0 Å².